The second-order valence-corrected chi connectivity index (χ2v) is 4.28. The third kappa shape index (κ3) is 1.80. The van der Waals surface area contributed by atoms with Crippen molar-refractivity contribution in [2.45, 2.75) is 38.8 Å². The molecule has 2 heterocycles. The summed E-state index contributed by atoms with van der Waals surface area (Å²) in [5, 5.41) is 0. The summed E-state index contributed by atoms with van der Waals surface area (Å²) in [5.74, 6) is 0. The van der Waals surface area contributed by atoms with Crippen LogP contribution in [0.1, 0.15) is 38.3 Å². The topological polar surface area (TPSA) is 16.1 Å². The van der Waals surface area contributed by atoms with Crippen LogP contribution in [0.3, 0.4) is 0 Å². The van der Waals surface area contributed by atoms with Gasteiger partial charge in [-0.15, -0.1) is 0 Å². The van der Waals surface area contributed by atoms with Gasteiger partial charge < -0.3 is 0 Å². The second-order valence-electron chi connectivity index (χ2n) is 4.28. The van der Waals surface area contributed by atoms with Gasteiger partial charge in [0.05, 0.1) is 0 Å². The molecule has 1 aliphatic rings. The molecule has 2 nitrogen and oxygen atoms in total. The molecule has 0 saturated carbocycles. The Hall–Kier alpha value is -0.890. The van der Waals surface area contributed by atoms with Gasteiger partial charge in [-0.2, -0.15) is 0 Å². The minimum absolute atomic E-state index is 0.601. The zero-order valence-corrected chi connectivity index (χ0v) is 8.98. The number of rotatable bonds is 2. The smallest absolute Gasteiger partial charge is 0.0366 e. The molecule has 0 N–H and O–H groups in total. The van der Waals surface area contributed by atoms with Crippen LogP contribution < -0.4 is 0 Å². The maximum Gasteiger partial charge on any atom is 0.0366 e. The van der Waals surface area contributed by atoms with E-state index < -0.39 is 0 Å². The van der Waals surface area contributed by atoms with E-state index in [0.717, 1.165) is 0 Å². The first-order valence-electron chi connectivity index (χ1n) is 5.44. The van der Waals surface area contributed by atoms with E-state index in [1.807, 2.05) is 18.5 Å². The third-order valence-corrected chi connectivity index (χ3v) is 3.03. The maximum atomic E-state index is 4.20. The molecule has 76 valence electrons. The average molecular weight is 190 g/mol. The van der Waals surface area contributed by atoms with Crippen molar-refractivity contribution in [3.63, 3.8) is 0 Å². The molecule has 1 atom stereocenters. The van der Waals surface area contributed by atoms with Gasteiger partial charge in [0.1, 0.15) is 0 Å². The van der Waals surface area contributed by atoms with Gasteiger partial charge in [0, 0.05) is 24.5 Å². The molecule has 14 heavy (non-hydrogen) atoms. The Kier molecular flexibility index (Phi) is 2.82. The standard InChI is InChI=1S/C12H18N2/c1-10(2)14-8-4-6-12(14)11-5-3-7-13-9-11/h3,5,7,9-10,12H,4,6,8H2,1-2H3/t12-/m1/s1. The molecule has 1 saturated heterocycles. The number of hydrogen-bond acceptors (Lipinski definition) is 2. The molecule has 1 aromatic rings. The Balaban J connectivity index is 2.18. The number of nitrogens with zero attached hydrogens (tertiary/aromatic N) is 2. The molecule has 0 unspecified atom stereocenters. The summed E-state index contributed by atoms with van der Waals surface area (Å²) in [4.78, 5) is 6.76. The molecule has 1 aromatic heterocycles. The highest BCUT2D eigenvalue weighted by Crippen LogP contribution is 2.32. The fraction of sp³-hybridized carbons (Fsp3) is 0.583. The normalized spacial score (nSPS) is 23.2. The van der Waals surface area contributed by atoms with Crippen LogP contribution in [0.2, 0.25) is 0 Å². The molecule has 1 fully saturated rings. The lowest BCUT2D eigenvalue weighted by Crippen LogP contribution is -2.30. The Labute approximate surface area is 86.0 Å². The Morgan fingerprint density at radius 1 is 1.50 bits per heavy atom. The van der Waals surface area contributed by atoms with Crippen LogP contribution in [0, 0.1) is 0 Å². The minimum Gasteiger partial charge on any atom is -0.294 e. The van der Waals surface area contributed by atoms with Gasteiger partial charge in [0.15, 0.2) is 0 Å². The van der Waals surface area contributed by atoms with Gasteiger partial charge >= 0.3 is 0 Å². The first-order chi connectivity index (χ1) is 6.79. The quantitative estimate of drug-likeness (QED) is 0.712. The maximum absolute atomic E-state index is 4.20. The molecule has 0 amide bonds. The van der Waals surface area contributed by atoms with Crippen molar-refractivity contribution in [2.75, 3.05) is 6.54 Å². The number of pyridine rings is 1. The highest BCUT2D eigenvalue weighted by atomic mass is 15.2. The van der Waals surface area contributed by atoms with Gasteiger partial charge in [-0.1, -0.05) is 6.07 Å². The van der Waals surface area contributed by atoms with E-state index in [2.05, 4.69) is 29.8 Å². The SMILES string of the molecule is CC(C)N1CCC[C@@H]1c1cccnc1. The summed E-state index contributed by atoms with van der Waals surface area (Å²) in [6, 6.07) is 5.47. The van der Waals surface area contributed by atoms with E-state index in [0.29, 0.717) is 12.1 Å². The van der Waals surface area contributed by atoms with E-state index in [1.165, 1.54) is 24.9 Å². The first-order valence-corrected chi connectivity index (χ1v) is 5.44. The summed E-state index contributed by atoms with van der Waals surface area (Å²) in [6.45, 7) is 5.78. The Morgan fingerprint density at radius 2 is 2.36 bits per heavy atom. The number of aromatic nitrogens is 1. The summed E-state index contributed by atoms with van der Waals surface area (Å²) in [5.41, 5.74) is 1.37. The summed E-state index contributed by atoms with van der Waals surface area (Å²) in [7, 11) is 0. The van der Waals surface area contributed by atoms with E-state index in [9.17, 15) is 0 Å². The summed E-state index contributed by atoms with van der Waals surface area (Å²) >= 11 is 0. The van der Waals surface area contributed by atoms with Crippen LogP contribution in [0.5, 0.6) is 0 Å². The zero-order chi connectivity index (χ0) is 9.97. The van der Waals surface area contributed by atoms with Crippen LogP contribution in [-0.4, -0.2) is 22.5 Å². The first kappa shape index (κ1) is 9.66. The molecule has 0 aliphatic carbocycles. The van der Waals surface area contributed by atoms with Crippen LogP contribution in [0.4, 0.5) is 0 Å². The fourth-order valence-electron chi connectivity index (χ4n) is 2.34. The fourth-order valence-corrected chi connectivity index (χ4v) is 2.34. The van der Waals surface area contributed by atoms with Crippen LogP contribution in [0.15, 0.2) is 24.5 Å². The lowest BCUT2D eigenvalue weighted by Gasteiger charge is -2.28. The number of hydrogen-bond donors (Lipinski definition) is 0. The van der Waals surface area contributed by atoms with Gasteiger partial charge in [0.25, 0.3) is 0 Å². The van der Waals surface area contributed by atoms with Crippen molar-refractivity contribution in [1.82, 2.24) is 9.88 Å². The molecule has 0 radical (unpaired) electrons. The average Bonchev–Trinajstić information content (AvgIpc) is 2.67. The lowest BCUT2D eigenvalue weighted by molar-refractivity contribution is 0.205. The highest BCUT2D eigenvalue weighted by Gasteiger charge is 2.27. The predicted octanol–water partition coefficient (Wildman–Crippen LogP) is 2.63. The summed E-state index contributed by atoms with van der Waals surface area (Å²) < 4.78 is 0. The Bertz CT molecular complexity index is 282. The molecule has 0 bridgehead atoms. The van der Waals surface area contributed by atoms with E-state index in [4.69, 9.17) is 0 Å². The lowest BCUT2D eigenvalue weighted by atomic mass is 10.1. The molecular formula is C12H18N2. The monoisotopic (exact) mass is 190 g/mol. The van der Waals surface area contributed by atoms with E-state index in [1.54, 1.807) is 0 Å². The molecule has 0 aromatic carbocycles. The molecule has 2 rings (SSSR count). The molecule has 2 heteroatoms. The Morgan fingerprint density at radius 3 is 3.00 bits per heavy atom. The van der Waals surface area contributed by atoms with Crippen LogP contribution in [-0.2, 0) is 0 Å². The van der Waals surface area contributed by atoms with Crippen molar-refractivity contribution < 1.29 is 0 Å². The van der Waals surface area contributed by atoms with Crippen molar-refractivity contribution >= 4 is 0 Å². The largest absolute Gasteiger partial charge is 0.294 e. The molecular weight excluding hydrogens is 172 g/mol. The van der Waals surface area contributed by atoms with Crippen LogP contribution in [0.25, 0.3) is 0 Å². The van der Waals surface area contributed by atoms with Gasteiger partial charge in [-0.05, 0) is 44.9 Å². The van der Waals surface area contributed by atoms with E-state index >= 15 is 0 Å². The predicted molar refractivity (Wildman–Crippen MR) is 58.1 cm³/mol. The second kappa shape index (κ2) is 4.09. The van der Waals surface area contributed by atoms with Crippen LogP contribution >= 0.6 is 0 Å². The van der Waals surface area contributed by atoms with Crippen molar-refractivity contribution in [3.05, 3.63) is 30.1 Å². The molecule has 0 spiro atoms. The zero-order valence-electron chi connectivity index (χ0n) is 8.98. The van der Waals surface area contributed by atoms with Gasteiger partial charge in [-0.3, -0.25) is 9.88 Å². The summed E-state index contributed by atoms with van der Waals surface area (Å²) in [6.07, 6.45) is 6.45. The highest BCUT2D eigenvalue weighted by molar-refractivity contribution is 5.15. The molecule has 1 aliphatic heterocycles. The minimum atomic E-state index is 0.601. The number of likely N-dealkylation sites (tertiary alicyclic amines) is 1. The van der Waals surface area contributed by atoms with Crippen molar-refractivity contribution in [2.24, 2.45) is 0 Å². The van der Waals surface area contributed by atoms with Crippen molar-refractivity contribution in [3.8, 4) is 0 Å². The third-order valence-electron chi connectivity index (χ3n) is 3.03. The van der Waals surface area contributed by atoms with Gasteiger partial charge in [-0.25, -0.2) is 0 Å². The van der Waals surface area contributed by atoms with E-state index in [-0.39, 0.29) is 0 Å². The van der Waals surface area contributed by atoms with Gasteiger partial charge in [0.2, 0.25) is 0 Å². The van der Waals surface area contributed by atoms with Crippen molar-refractivity contribution in [1.29, 1.82) is 0 Å².